The third-order valence-corrected chi connectivity index (χ3v) is 3.27. The van der Waals surface area contributed by atoms with Gasteiger partial charge >= 0.3 is 5.97 Å². The highest BCUT2D eigenvalue weighted by Gasteiger charge is 2.28. The van der Waals surface area contributed by atoms with Gasteiger partial charge in [-0.15, -0.1) is 0 Å². The van der Waals surface area contributed by atoms with E-state index in [2.05, 4.69) is 0 Å². The minimum Gasteiger partial charge on any atom is -0.462 e. The number of amidine groups is 1. The molecule has 1 aromatic rings. The van der Waals surface area contributed by atoms with Gasteiger partial charge in [0, 0.05) is 0 Å². The molecule has 94 valence electrons. The minimum absolute atomic E-state index is 0.117. The van der Waals surface area contributed by atoms with E-state index in [0.29, 0.717) is 23.6 Å². The molecule has 2 rings (SSSR count). The van der Waals surface area contributed by atoms with E-state index in [1.54, 1.807) is 31.2 Å². The van der Waals surface area contributed by atoms with Crippen LogP contribution in [0, 0.1) is 5.41 Å². The lowest BCUT2D eigenvalue weighted by atomic mass is 10.2. The standard InChI is InChI=1S/C12H12N2O3S/c1-2-17-11(16)8-3-5-9(6-4-8)14-10(15)7-18-12(14)13/h3-6,13H,2,7H2,1H3. The zero-order chi connectivity index (χ0) is 13.1. The molecule has 1 saturated heterocycles. The molecule has 1 amide bonds. The highest BCUT2D eigenvalue weighted by molar-refractivity contribution is 8.15. The third kappa shape index (κ3) is 2.38. The first-order chi connectivity index (χ1) is 8.63. The number of ether oxygens (including phenoxy) is 1. The number of hydrogen-bond acceptors (Lipinski definition) is 5. The summed E-state index contributed by atoms with van der Waals surface area (Å²) in [5.74, 6) is -0.214. The van der Waals surface area contributed by atoms with Gasteiger partial charge in [0.25, 0.3) is 0 Å². The Hall–Kier alpha value is -1.82. The summed E-state index contributed by atoms with van der Waals surface area (Å²) in [6.45, 7) is 2.07. The van der Waals surface area contributed by atoms with Crippen molar-refractivity contribution in [3.05, 3.63) is 29.8 Å². The number of esters is 1. The fourth-order valence-electron chi connectivity index (χ4n) is 1.59. The van der Waals surface area contributed by atoms with E-state index in [9.17, 15) is 9.59 Å². The monoisotopic (exact) mass is 264 g/mol. The maximum absolute atomic E-state index is 11.6. The van der Waals surface area contributed by atoms with Crippen molar-refractivity contribution in [3.63, 3.8) is 0 Å². The summed E-state index contributed by atoms with van der Waals surface area (Å²) in [5, 5.41) is 7.87. The third-order valence-electron chi connectivity index (χ3n) is 2.42. The van der Waals surface area contributed by atoms with E-state index in [0.717, 1.165) is 0 Å². The molecule has 1 fully saturated rings. The number of amides is 1. The zero-order valence-electron chi connectivity index (χ0n) is 9.80. The average Bonchev–Trinajstić information content (AvgIpc) is 2.70. The zero-order valence-corrected chi connectivity index (χ0v) is 10.6. The summed E-state index contributed by atoms with van der Waals surface area (Å²) in [7, 11) is 0. The molecule has 6 heteroatoms. The van der Waals surface area contributed by atoms with Crippen LogP contribution in [0.15, 0.2) is 24.3 Å². The molecule has 0 aromatic heterocycles. The van der Waals surface area contributed by atoms with E-state index in [-0.39, 0.29) is 17.0 Å². The fraction of sp³-hybridized carbons (Fsp3) is 0.250. The van der Waals surface area contributed by atoms with Gasteiger partial charge in [0.05, 0.1) is 23.6 Å². The lowest BCUT2D eigenvalue weighted by Gasteiger charge is -2.14. The first kappa shape index (κ1) is 12.6. The predicted molar refractivity (Wildman–Crippen MR) is 70.1 cm³/mol. The molecule has 0 unspecified atom stereocenters. The molecule has 0 radical (unpaired) electrons. The van der Waals surface area contributed by atoms with Gasteiger partial charge in [-0.05, 0) is 31.2 Å². The van der Waals surface area contributed by atoms with E-state index in [1.165, 1.54) is 16.7 Å². The summed E-state index contributed by atoms with van der Waals surface area (Å²) in [6.07, 6.45) is 0. The van der Waals surface area contributed by atoms with Gasteiger partial charge in [0.15, 0.2) is 5.17 Å². The molecule has 0 bridgehead atoms. The van der Waals surface area contributed by atoms with E-state index in [4.69, 9.17) is 10.1 Å². The van der Waals surface area contributed by atoms with Gasteiger partial charge in [-0.3, -0.25) is 15.1 Å². The second kappa shape index (κ2) is 5.22. The predicted octanol–water partition coefficient (Wildman–Crippen LogP) is 1.88. The molecule has 5 nitrogen and oxygen atoms in total. The van der Waals surface area contributed by atoms with Gasteiger partial charge in [-0.25, -0.2) is 4.79 Å². The molecule has 1 aliphatic rings. The molecular formula is C12H12N2O3S. The van der Waals surface area contributed by atoms with Crippen LogP contribution in [0.5, 0.6) is 0 Å². The van der Waals surface area contributed by atoms with Crippen LogP contribution in [-0.4, -0.2) is 29.4 Å². The second-order valence-electron chi connectivity index (χ2n) is 3.59. The summed E-state index contributed by atoms with van der Waals surface area (Å²) in [5.41, 5.74) is 1.04. The van der Waals surface area contributed by atoms with Crippen LogP contribution in [0.2, 0.25) is 0 Å². The van der Waals surface area contributed by atoms with Crippen molar-refractivity contribution in [2.24, 2.45) is 0 Å². The molecule has 0 aliphatic carbocycles. The highest BCUT2D eigenvalue weighted by Crippen LogP contribution is 2.25. The number of rotatable bonds is 3. The molecule has 1 heterocycles. The number of benzene rings is 1. The molecule has 0 saturated carbocycles. The Labute approximate surface area is 109 Å². The number of hydrogen-bond donors (Lipinski definition) is 1. The number of anilines is 1. The summed E-state index contributed by atoms with van der Waals surface area (Å²) in [6, 6.07) is 6.48. The number of thioether (sulfide) groups is 1. The second-order valence-corrected chi connectivity index (χ2v) is 4.55. The van der Waals surface area contributed by atoms with Crippen molar-refractivity contribution in [2.75, 3.05) is 17.3 Å². The van der Waals surface area contributed by atoms with Crippen LogP contribution in [0.25, 0.3) is 0 Å². The van der Waals surface area contributed by atoms with Crippen molar-refractivity contribution >= 4 is 34.5 Å². The highest BCUT2D eigenvalue weighted by atomic mass is 32.2. The molecular weight excluding hydrogens is 252 g/mol. The number of carbonyl (C=O) groups is 2. The Balaban J connectivity index is 2.20. The summed E-state index contributed by atoms with van der Waals surface area (Å²) in [4.78, 5) is 24.4. The van der Waals surface area contributed by atoms with Crippen molar-refractivity contribution < 1.29 is 14.3 Å². The molecule has 1 aromatic carbocycles. The van der Waals surface area contributed by atoms with Crippen LogP contribution in [-0.2, 0) is 9.53 Å². The Kier molecular flexibility index (Phi) is 3.66. The topological polar surface area (TPSA) is 70.5 Å². The van der Waals surface area contributed by atoms with Crippen LogP contribution in [0.1, 0.15) is 17.3 Å². The largest absolute Gasteiger partial charge is 0.462 e. The lowest BCUT2D eigenvalue weighted by molar-refractivity contribution is -0.115. The smallest absolute Gasteiger partial charge is 0.338 e. The lowest BCUT2D eigenvalue weighted by Crippen LogP contribution is -2.28. The SMILES string of the molecule is CCOC(=O)c1ccc(N2C(=N)SCC2=O)cc1. The Morgan fingerprint density at radius 1 is 1.44 bits per heavy atom. The quantitative estimate of drug-likeness (QED) is 0.846. The Morgan fingerprint density at radius 2 is 2.11 bits per heavy atom. The number of nitrogens with one attached hydrogen (secondary N) is 1. The van der Waals surface area contributed by atoms with E-state index < -0.39 is 0 Å². The first-order valence-corrected chi connectivity index (χ1v) is 6.43. The number of nitrogens with zero attached hydrogens (tertiary/aromatic N) is 1. The van der Waals surface area contributed by atoms with Gasteiger partial charge in [-0.1, -0.05) is 11.8 Å². The number of carbonyl (C=O) groups excluding carboxylic acids is 2. The van der Waals surface area contributed by atoms with Crippen LogP contribution in [0.4, 0.5) is 5.69 Å². The Bertz CT molecular complexity index is 483. The molecule has 1 aliphatic heterocycles. The van der Waals surface area contributed by atoms with Gasteiger partial charge in [-0.2, -0.15) is 0 Å². The fourth-order valence-corrected chi connectivity index (χ4v) is 2.32. The first-order valence-electron chi connectivity index (χ1n) is 5.45. The van der Waals surface area contributed by atoms with Gasteiger partial charge in [0.2, 0.25) is 5.91 Å². The van der Waals surface area contributed by atoms with Crippen LogP contribution >= 0.6 is 11.8 Å². The summed E-state index contributed by atoms with van der Waals surface area (Å²) >= 11 is 1.19. The van der Waals surface area contributed by atoms with Crippen molar-refractivity contribution in [2.45, 2.75) is 6.92 Å². The van der Waals surface area contributed by atoms with Crippen molar-refractivity contribution in [3.8, 4) is 0 Å². The normalized spacial score (nSPS) is 15.1. The molecule has 1 N–H and O–H groups in total. The van der Waals surface area contributed by atoms with E-state index >= 15 is 0 Å². The average molecular weight is 264 g/mol. The van der Waals surface area contributed by atoms with Crippen LogP contribution < -0.4 is 4.90 Å². The van der Waals surface area contributed by atoms with Crippen molar-refractivity contribution in [1.29, 1.82) is 5.41 Å². The van der Waals surface area contributed by atoms with Gasteiger partial charge < -0.3 is 4.74 Å². The van der Waals surface area contributed by atoms with Gasteiger partial charge in [0.1, 0.15) is 0 Å². The Morgan fingerprint density at radius 3 is 2.61 bits per heavy atom. The van der Waals surface area contributed by atoms with E-state index in [1.807, 2.05) is 0 Å². The van der Waals surface area contributed by atoms with Crippen molar-refractivity contribution in [1.82, 2.24) is 0 Å². The molecule has 0 spiro atoms. The maximum Gasteiger partial charge on any atom is 0.338 e. The molecule has 0 atom stereocenters. The minimum atomic E-state index is -0.388. The van der Waals surface area contributed by atoms with Crippen LogP contribution in [0.3, 0.4) is 0 Å². The maximum atomic E-state index is 11.6. The summed E-state index contributed by atoms with van der Waals surface area (Å²) < 4.78 is 4.87. The molecule has 18 heavy (non-hydrogen) atoms.